The zero-order valence-electron chi connectivity index (χ0n) is 11.0. The minimum absolute atomic E-state index is 0.400. The molecule has 0 saturated carbocycles. The van der Waals surface area contributed by atoms with Crippen molar-refractivity contribution in [1.29, 1.82) is 0 Å². The van der Waals surface area contributed by atoms with E-state index in [1.54, 1.807) is 0 Å². The number of alkyl halides is 11. The Morgan fingerprint density at radius 1 is 0.792 bits per heavy atom. The number of para-hydroxylation sites is 1. The largest absolute Gasteiger partial charge is 0.459 e. The molecule has 0 fully saturated rings. The topological polar surface area (TPSA) is 12.0 Å². The Labute approximate surface area is 131 Å². The number of anilines is 1. The summed E-state index contributed by atoms with van der Waals surface area (Å²) in [5, 5.41) is 0.400. The molecule has 0 amide bonds. The number of halogens is 11. The summed E-state index contributed by atoms with van der Waals surface area (Å²) >= 11 is -0.462. The van der Waals surface area contributed by atoms with E-state index in [9.17, 15) is 48.3 Å². The van der Waals surface area contributed by atoms with Gasteiger partial charge in [0, 0.05) is 4.90 Å². The van der Waals surface area contributed by atoms with Gasteiger partial charge in [-0.1, -0.05) is 23.9 Å². The summed E-state index contributed by atoms with van der Waals surface area (Å²) in [4.78, 5) is -0.850. The number of rotatable bonds is 5. The lowest BCUT2D eigenvalue weighted by Gasteiger charge is -2.37. The minimum atomic E-state index is -6.89. The third kappa shape index (κ3) is 3.81. The van der Waals surface area contributed by atoms with Crippen LogP contribution in [0.1, 0.15) is 0 Å². The van der Waals surface area contributed by atoms with Gasteiger partial charge in [0.25, 0.3) is 5.76 Å². The fourth-order valence-corrected chi connectivity index (χ4v) is 2.07. The van der Waals surface area contributed by atoms with E-state index in [4.69, 9.17) is 0 Å². The first-order chi connectivity index (χ1) is 10.6. The first-order valence-corrected chi connectivity index (χ1v) is 6.53. The molecule has 1 atom stereocenters. The second kappa shape index (κ2) is 6.48. The number of nitrogens with one attached hydrogen (secondary N) is 1. The Bertz CT molecular complexity index is 568. The van der Waals surface area contributed by atoms with Gasteiger partial charge in [-0.3, -0.25) is 0 Å². The molecule has 0 saturated heterocycles. The molecule has 0 heterocycles. The summed E-state index contributed by atoms with van der Waals surface area (Å²) in [6.07, 6.45) is -13.6. The highest BCUT2D eigenvalue weighted by Crippen LogP contribution is 2.53. The Morgan fingerprint density at radius 2 is 1.29 bits per heavy atom. The van der Waals surface area contributed by atoms with Crippen molar-refractivity contribution in [1.82, 2.24) is 0 Å². The van der Waals surface area contributed by atoms with E-state index in [-0.39, 0.29) is 0 Å². The normalized spacial score (nSPS) is 16.2. The lowest BCUT2D eigenvalue weighted by Crippen LogP contribution is -2.66. The first kappa shape index (κ1) is 20.6. The second-order valence-corrected chi connectivity index (χ2v) is 5.26. The maximum absolute atomic E-state index is 13.9. The quantitative estimate of drug-likeness (QED) is 0.383. The van der Waals surface area contributed by atoms with E-state index < -0.39 is 52.2 Å². The molecule has 1 N–H and O–H groups in total. The van der Waals surface area contributed by atoms with Gasteiger partial charge in [0.15, 0.2) is 0 Å². The van der Waals surface area contributed by atoms with Crippen LogP contribution < -0.4 is 5.32 Å². The van der Waals surface area contributed by atoms with Gasteiger partial charge < -0.3 is 5.32 Å². The van der Waals surface area contributed by atoms with Crippen molar-refractivity contribution in [3.63, 3.8) is 0 Å². The van der Waals surface area contributed by atoms with Gasteiger partial charge in [0.2, 0.25) is 0 Å². The monoisotopic (exact) mass is 393 g/mol. The van der Waals surface area contributed by atoms with E-state index in [2.05, 4.69) is 0 Å². The summed E-state index contributed by atoms with van der Waals surface area (Å²) in [5.41, 5.74) is -1.30. The van der Waals surface area contributed by atoms with E-state index in [0.29, 0.717) is 17.4 Å². The van der Waals surface area contributed by atoms with Gasteiger partial charge in [0.05, 0.1) is 5.69 Å². The molecular formula is C11H6F11NS. The molecule has 0 aliphatic rings. The summed E-state index contributed by atoms with van der Waals surface area (Å²) in [6, 6.07) is 2.98. The highest BCUT2D eigenvalue weighted by molar-refractivity contribution is 7.99. The maximum atomic E-state index is 13.9. The molecule has 0 aromatic heterocycles. The second-order valence-electron chi connectivity index (χ2n) is 4.23. The molecule has 0 bridgehead atoms. The van der Waals surface area contributed by atoms with Gasteiger partial charge in [-0.2, -0.15) is 43.9 Å². The molecule has 0 spiro atoms. The van der Waals surface area contributed by atoms with Gasteiger partial charge in [-0.15, -0.1) is 0 Å². The van der Waals surface area contributed by atoms with Gasteiger partial charge in [-0.05, 0) is 12.1 Å². The lowest BCUT2D eigenvalue weighted by atomic mass is 10.1. The fourth-order valence-electron chi connectivity index (χ4n) is 1.48. The predicted molar refractivity (Wildman–Crippen MR) is 62.8 cm³/mol. The molecule has 1 rings (SSSR count). The predicted octanol–water partition coefficient (Wildman–Crippen LogP) is 5.84. The van der Waals surface area contributed by atoms with Gasteiger partial charge >= 0.3 is 24.1 Å². The summed E-state index contributed by atoms with van der Waals surface area (Å²) in [6.45, 7) is 0. The highest BCUT2D eigenvalue weighted by atomic mass is 32.2. The molecular weight excluding hydrogens is 387 g/mol. The molecule has 1 aromatic carbocycles. The van der Waals surface area contributed by atoms with Crippen LogP contribution in [0.25, 0.3) is 0 Å². The number of benzene rings is 1. The molecule has 13 heteroatoms. The van der Waals surface area contributed by atoms with Crippen LogP contribution in [0.5, 0.6) is 0 Å². The van der Waals surface area contributed by atoms with Crippen LogP contribution in [0.2, 0.25) is 0 Å². The first-order valence-electron chi connectivity index (χ1n) is 5.65. The van der Waals surface area contributed by atoms with Crippen LogP contribution in [0.3, 0.4) is 0 Å². The van der Waals surface area contributed by atoms with Crippen LogP contribution in [-0.2, 0) is 0 Å². The molecule has 1 aromatic rings. The third-order valence-electron chi connectivity index (χ3n) is 2.59. The molecule has 24 heavy (non-hydrogen) atoms. The molecule has 0 aliphatic carbocycles. The van der Waals surface area contributed by atoms with Crippen LogP contribution in [0, 0.1) is 0 Å². The van der Waals surface area contributed by atoms with Crippen molar-refractivity contribution in [3.8, 4) is 0 Å². The van der Waals surface area contributed by atoms with Crippen LogP contribution in [0.15, 0.2) is 29.2 Å². The Hall–Kier alpha value is -1.40. The zero-order chi connectivity index (χ0) is 19.0. The Balaban J connectivity index is 3.42. The molecule has 0 radical (unpaired) electrons. The summed E-state index contributed by atoms with van der Waals surface area (Å²) in [7, 11) is 0. The maximum Gasteiger partial charge on any atom is 0.459 e. The van der Waals surface area contributed by atoms with Crippen molar-refractivity contribution in [2.24, 2.45) is 0 Å². The third-order valence-corrected chi connectivity index (χ3v) is 3.38. The summed E-state index contributed by atoms with van der Waals surface area (Å²) in [5.74, 6) is -16.4. The average molecular weight is 393 g/mol. The highest BCUT2D eigenvalue weighted by Gasteiger charge is 2.81. The van der Waals surface area contributed by atoms with Crippen molar-refractivity contribution < 1.29 is 48.3 Å². The van der Waals surface area contributed by atoms with Crippen molar-refractivity contribution in [2.75, 3.05) is 5.32 Å². The lowest BCUT2D eigenvalue weighted by molar-refractivity contribution is -0.375. The zero-order valence-corrected chi connectivity index (χ0v) is 11.8. The number of thioether (sulfide) groups is 1. The van der Waals surface area contributed by atoms with Crippen LogP contribution in [-0.4, -0.2) is 29.8 Å². The smallest absolute Gasteiger partial charge is 0.340 e. The van der Waals surface area contributed by atoms with Crippen LogP contribution >= 0.6 is 11.8 Å². The average Bonchev–Trinajstić information content (AvgIpc) is 2.37. The van der Waals surface area contributed by atoms with Gasteiger partial charge in [-0.25, -0.2) is 4.39 Å². The van der Waals surface area contributed by atoms with Crippen molar-refractivity contribution in [3.05, 3.63) is 24.3 Å². The molecule has 1 unspecified atom stereocenters. The molecule has 1 nitrogen and oxygen atoms in total. The number of hydrogen-bond acceptors (Lipinski definition) is 2. The summed E-state index contributed by atoms with van der Waals surface area (Å²) < 4.78 is 139. The molecule has 138 valence electrons. The van der Waals surface area contributed by atoms with E-state index >= 15 is 0 Å². The van der Waals surface area contributed by atoms with E-state index in [0.717, 1.165) is 12.1 Å². The van der Waals surface area contributed by atoms with Crippen molar-refractivity contribution in [2.45, 2.75) is 34.7 Å². The molecule has 0 aliphatic heterocycles. The number of hydrogen-bond donors (Lipinski definition) is 1. The Kier molecular flexibility index (Phi) is 5.58. The SMILES string of the molecule is FC(F)Sc1ccccc1NC(F)(C(F)(F)F)C(F)(F)C(F)(F)F. The van der Waals surface area contributed by atoms with Gasteiger partial charge in [0.1, 0.15) is 0 Å². The van der Waals surface area contributed by atoms with Crippen LogP contribution in [0.4, 0.5) is 54.0 Å². The van der Waals surface area contributed by atoms with E-state index in [1.165, 1.54) is 0 Å². The minimum Gasteiger partial charge on any atom is -0.340 e. The fraction of sp³-hybridized carbons (Fsp3) is 0.455. The standard InChI is InChI=1S/C11H6F11NS/c12-7(13)24-6-4-2-1-3-5(6)23-9(16,11(20,21)22)8(14,15)10(17,18)19/h1-4,7,23H. The Morgan fingerprint density at radius 3 is 1.71 bits per heavy atom. The van der Waals surface area contributed by atoms with E-state index in [1.807, 2.05) is 0 Å². The van der Waals surface area contributed by atoms with Crippen molar-refractivity contribution >= 4 is 17.4 Å².